The summed E-state index contributed by atoms with van der Waals surface area (Å²) in [6.07, 6.45) is 0.00505. The standard InChI is InChI=1S/C15H27N3O3/c1-10-11(2)21-12(3)14(10)15(20)17(4)9-13(19)18-7-5-16-6-8-18/h10-12,14,16H,5-9H2,1-4H3. The van der Waals surface area contributed by atoms with Gasteiger partial charge in [-0.1, -0.05) is 6.92 Å². The quantitative estimate of drug-likeness (QED) is 0.792. The molecular weight excluding hydrogens is 270 g/mol. The number of hydrogen-bond acceptors (Lipinski definition) is 4. The summed E-state index contributed by atoms with van der Waals surface area (Å²) >= 11 is 0. The maximum absolute atomic E-state index is 12.6. The normalized spacial score (nSPS) is 33.0. The highest BCUT2D eigenvalue weighted by Gasteiger charge is 2.43. The van der Waals surface area contributed by atoms with Crippen LogP contribution in [0.4, 0.5) is 0 Å². The van der Waals surface area contributed by atoms with Crippen molar-refractivity contribution in [2.24, 2.45) is 11.8 Å². The second-order valence-corrected chi connectivity index (χ2v) is 6.26. The smallest absolute Gasteiger partial charge is 0.242 e. The van der Waals surface area contributed by atoms with Crippen LogP contribution in [0.5, 0.6) is 0 Å². The molecule has 4 atom stereocenters. The van der Waals surface area contributed by atoms with Gasteiger partial charge in [0.25, 0.3) is 0 Å². The Balaban J connectivity index is 1.91. The molecule has 21 heavy (non-hydrogen) atoms. The van der Waals surface area contributed by atoms with Crippen molar-refractivity contribution >= 4 is 11.8 Å². The number of nitrogens with zero attached hydrogens (tertiary/aromatic N) is 2. The lowest BCUT2D eigenvalue weighted by Crippen LogP contribution is -2.50. The van der Waals surface area contributed by atoms with Crippen LogP contribution in [0, 0.1) is 11.8 Å². The molecule has 2 amide bonds. The monoisotopic (exact) mass is 297 g/mol. The molecule has 0 aromatic heterocycles. The first kappa shape index (κ1) is 16.2. The number of likely N-dealkylation sites (N-methyl/N-ethyl adjacent to an activating group) is 1. The zero-order chi connectivity index (χ0) is 15.6. The van der Waals surface area contributed by atoms with Gasteiger partial charge in [0.05, 0.1) is 24.7 Å². The van der Waals surface area contributed by atoms with E-state index in [1.54, 1.807) is 11.9 Å². The molecule has 1 N–H and O–H groups in total. The summed E-state index contributed by atoms with van der Waals surface area (Å²) in [6.45, 7) is 9.23. The van der Waals surface area contributed by atoms with Crippen LogP contribution in [0.1, 0.15) is 20.8 Å². The van der Waals surface area contributed by atoms with Gasteiger partial charge in [-0.05, 0) is 19.8 Å². The third-order valence-corrected chi connectivity index (χ3v) is 4.75. The number of carbonyl (C=O) groups excluding carboxylic acids is 2. The minimum absolute atomic E-state index is 0.0165. The van der Waals surface area contributed by atoms with Crippen LogP contribution in [0.15, 0.2) is 0 Å². The largest absolute Gasteiger partial charge is 0.374 e. The molecule has 2 aliphatic heterocycles. The molecule has 0 radical (unpaired) electrons. The van der Waals surface area contributed by atoms with Crippen LogP contribution in [0.2, 0.25) is 0 Å². The molecule has 6 nitrogen and oxygen atoms in total. The van der Waals surface area contributed by atoms with E-state index in [4.69, 9.17) is 4.74 Å². The van der Waals surface area contributed by atoms with Crippen LogP contribution < -0.4 is 5.32 Å². The van der Waals surface area contributed by atoms with Gasteiger partial charge < -0.3 is 19.9 Å². The molecule has 0 aromatic rings. The lowest BCUT2D eigenvalue weighted by molar-refractivity contribution is -0.143. The van der Waals surface area contributed by atoms with Crippen LogP contribution in [0.3, 0.4) is 0 Å². The van der Waals surface area contributed by atoms with Crippen molar-refractivity contribution in [2.75, 3.05) is 39.8 Å². The molecule has 2 saturated heterocycles. The molecule has 2 aliphatic rings. The summed E-state index contributed by atoms with van der Waals surface area (Å²) < 4.78 is 5.73. The van der Waals surface area contributed by atoms with Crippen molar-refractivity contribution in [1.82, 2.24) is 15.1 Å². The highest BCUT2D eigenvalue weighted by molar-refractivity contribution is 5.86. The average Bonchev–Trinajstić information content (AvgIpc) is 2.72. The molecule has 4 unspecified atom stereocenters. The lowest BCUT2D eigenvalue weighted by atomic mass is 9.88. The van der Waals surface area contributed by atoms with E-state index in [1.165, 1.54) is 0 Å². The number of ether oxygens (including phenoxy) is 1. The van der Waals surface area contributed by atoms with Crippen LogP contribution in [0.25, 0.3) is 0 Å². The SMILES string of the molecule is CC1OC(C)C(C(=O)N(C)CC(=O)N2CCNCC2)C1C. The summed E-state index contributed by atoms with van der Waals surface area (Å²) in [4.78, 5) is 28.2. The highest BCUT2D eigenvalue weighted by atomic mass is 16.5. The molecule has 0 aromatic carbocycles. The number of carbonyl (C=O) groups is 2. The number of nitrogens with one attached hydrogen (secondary N) is 1. The second-order valence-electron chi connectivity index (χ2n) is 6.26. The molecule has 0 bridgehead atoms. The summed E-state index contributed by atoms with van der Waals surface area (Å²) in [6, 6.07) is 0. The first-order chi connectivity index (χ1) is 9.91. The maximum atomic E-state index is 12.6. The lowest BCUT2D eigenvalue weighted by Gasteiger charge is -2.30. The van der Waals surface area contributed by atoms with Crippen molar-refractivity contribution < 1.29 is 14.3 Å². The zero-order valence-corrected chi connectivity index (χ0v) is 13.5. The fourth-order valence-corrected chi connectivity index (χ4v) is 3.24. The van der Waals surface area contributed by atoms with Crippen LogP contribution in [-0.4, -0.2) is 73.6 Å². The summed E-state index contributed by atoms with van der Waals surface area (Å²) in [7, 11) is 1.71. The Morgan fingerprint density at radius 2 is 1.81 bits per heavy atom. The van der Waals surface area contributed by atoms with E-state index in [0.717, 1.165) is 26.2 Å². The molecule has 2 rings (SSSR count). The predicted molar refractivity (Wildman–Crippen MR) is 79.7 cm³/mol. The summed E-state index contributed by atoms with van der Waals surface area (Å²) in [5, 5.41) is 3.22. The molecule has 0 spiro atoms. The van der Waals surface area contributed by atoms with Crippen molar-refractivity contribution in [2.45, 2.75) is 33.0 Å². The Kier molecular flexibility index (Phi) is 5.22. The third kappa shape index (κ3) is 3.55. The van der Waals surface area contributed by atoms with Crippen molar-refractivity contribution in [3.8, 4) is 0 Å². The van der Waals surface area contributed by atoms with Gasteiger partial charge in [0.15, 0.2) is 0 Å². The van der Waals surface area contributed by atoms with E-state index in [2.05, 4.69) is 5.32 Å². The first-order valence-corrected chi connectivity index (χ1v) is 7.80. The van der Waals surface area contributed by atoms with Gasteiger partial charge in [-0.2, -0.15) is 0 Å². The van der Waals surface area contributed by atoms with Crippen molar-refractivity contribution in [1.29, 1.82) is 0 Å². The minimum Gasteiger partial charge on any atom is -0.374 e. The second kappa shape index (κ2) is 6.75. The van der Waals surface area contributed by atoms with E-state index in [9.17, 15) is 9.59 Å². The van der Waals surface area contributed by atoms with Gasteiger partial charge in [-0.15, -0.1) is 0 Å². The summed E-state index contributed by atoms with van der Waals surface area (Å²) in [5.41, 5.74) is 0. The van der Waals surface area contributed by atoms with E-state index in [-0.39, 0.29) is 42.4 Å². The van der Waals surface area contributed by atoms with Gasteiger partial charge in [-0.3, -0.25) is 9.59 Å². The fourth-order valence-electron chi connectivity index (χ4n) is 3.24. The molecule has 2 fully saturated rings. The summed E-state index contributed by atoms with van der Waals surface area (Å²) in [5.74, 6) is 0.0764. The minimum atomic E-state index is -0.152. The Hall–Kier alpha value is -1.14. The van der Waals surface area contributed by atoms with Gasteiger partial charge in [0.1, 0.15) is 0 Å². The Labute approximate surface area is 126 Å². The van der Waals surface area contributed by atoms with Gasteiger partial charge >= 0.3 is 0 Å². The highest BCUT2D eigenvalue weighted by Crippen LogP contribution is 2.33. The van der Waals surface area contributed by atoms with Gasteiger partial charge in [0, 0.05) is 33.2 Å². The number of rotatable bonds is 3. The number of hydrogen-bond donors (Lipinski definition) is 1. The zero-order valence-electron chi connectivity index (χ0n) is 13.5. The van der Waals surface area contributed by atoms with Crippen molar-refractivity contribution in [3.05, 3.63) is 0 Å². The predicted octanol–water partition coefficient (Wildman–Crippen LogP) is -0.0639. The van der Waals surface area contributed by atoms with E-state index in [1.807, 2.05) is 25.7 Å². The van der Waals surface area contributed by atoms with Crippen LogP contribution in [-0.2, 0) is 14.3 Å². The Bertz CT molecular complexity index is 396. The van der Waals surface area contributed by atoms with Gasteiger partial charge in [0.2, 0.25) is 11.8 Å². The Morgan fingerprint density at radius 3 is 2.33 bits per heavy atom. The van der Waals surface area contributed by atoms with E-state index >= 15 is 0 Å². The fraction of sp³-hybridized carbons (Fsp3) is 0.867. The molecule has 2 heterocycles. The molecule has 0 saturated carbocycles. The maximum Gasteiger partial charge on any atom is 0.242 e. The Morgan fingerprint density at radius 1 is 1.19 bits per heavy atom. The first-order valence-electron chi connectivity index (χ1n) is 7.80. The number of piperazine rings is 1. The molecule has 6 heteroatoms. The topological polar surface area (TPSA) is 61.9 Å². The molecule has 0 aliphatic carbocycles. The van der Waals surface area contributed by atoms with E-state index < -0.39 is 0 Å². The van der Waals surface area contributed by atoms with Crippen molar-refractivity contribution in [3.63, 3.8) is 0 Å². The van der Waals surface area contributed by atoms with Gasteiger partial charge in [-0.25, -0.2) is 0 Å². The molecular formula is C15H27N3O3. The average molecular weight is 297 g/mol. The van der Waals surface area contributed by atoms with E-state index in [0.29, 0.717) is 0 Å². The van der Waals surface area contributed by atoms with Crippen LogP contribution >= 0.6 is 0 Å². The number of amides is 2. The molecule has 120 valence electrons. The third-order valence-electron chi connectivity index (χ3n) is 4.75.